The van der Waals surface area contributed by atoms with Crippen LogP contribution in [-0.2, 0) is 4.74 Å². The minimum absolute atomic E-state index is 0.621. The molecule has 0 bridgehead atoms. The number of ether oxygens (including phenoxy) is 2. The second kappa shape index (κ2) is 6.80. The summed E-state index contributed by atoms with van der Waals surface area (Å²) in [4.78, 5) is 0. The normalized spacial score (nSPS) is 27.9. The van der Waals surface area contributed by atoms with E-state index in [1.807, 2.05) is 0 Å². The van der Waals surface area contributed by atoms with Gasteiger partial charge in [0.1, 0.15) is 5.75 Å². The molecule has 1 unspecified atom stereocenters. The lowest BCUT2D eigenvalue weighted by Gasteiger charge is -2.40. The Bertz CT molecular complexity index is 433. The summed E-state index contributed by atoms with van der Waals surface area (Å²) >= 11 is 0. The van der Waals surface area contributed by atoms with Crippen molar-refractivity contribution in [3.8, 4) is 5.75 Å². The summed E-state index contributed by atoms with van der Waals surface area (Å²) in [7, 11) is 1.72. The van der Waals surface area contributed by atoms with Crippen LogP contribution in [0.15, 0.2) is 24.3 Å². The van der Waals surface area contributed by atoms with Crippen molar-refractivity contribution in [3.05, 3.63) is 29.8 Å². The van der Waals surface area contributed by atoms with Gasteiger partial charge in [-0.05, 0) is 62.1 Å². The first-order valence-corrected chi connectivity index (χ1v) is 8.24. The number of hydrogen-bond acceptors (Lipinski definition) is 3. The van der Waals surface area contributed by atoms with Gasteiger partial charge in [-0.25, -0.2) is 0 Å². The molecule has 2 aliphatic rings. The van der Waals surface area contributed by atoms with E-state index in [1.165, 1.54) is 31.2 Å². The van der Waals surface area contributed by atoms with Crippen molar-refractivity contribution in [2.75, 3.05) is 20.3 Å². The summed E-state index contributed by atoms with van der Waals surface area (Å²) in [6.45, 7) is 4.22. The molecule has 1 atom stereocenters. The van der Waals surface area contributed by atoms with E-state index < -0.39 is 0 Å². The smallest absolute Gasteiger partial charge is 0.118 e. The van der Waals surface area contributed by atoms with E-state index in [0.717, 1.165) is 30.8 Å². The second-order valence-corrected chi connectivity index (χ2v) is 6.54. The van der Waals surface area contributed by atoms with Gasteiger partial charge in [-0.3, -0.25) is 0 Å². The topological polar surface area (TPSA) is 30.5 Å². The van der Waals surface area contributed by atoms with E-state index in [0.29, 0.717) is 12.1 Å². The molecule has 1 saturated carbocycles. The van der Waals surface area contributed by atoms with Crippen LogP contribution in [0.5, 0.6) is 5.75 Å². The van der Waals surface area contributed by atoms with Crippen molar-refractivity contribution in [1.82, 2.24) is 5.32 Å². The third-order valence-corrected chi connectivity index (χ3v) is 5.20. The zero-order valence-corrected chi connectivity index (χ0v) is 13.2. The van der Waals surface area contributed by atoms with E-state index in [-0.39, 0.29) is 0 Å². The van der Waals surface area contributed by atoms with Crippen molar-refractivity contribution < 1.29 is 9.47 Å². The van der Waals surface area contributed by atoms with E-state index in [9.17, 15) is 0 Å². The molecule has 1 heterocycles. The molecule has 0 amide bonds. The molecule has 1 aromatic rings. The minimum atomic E-state index is 0.621. The van der Waals surface area contributed by atoms with Crippen molar-refractivity contribution in [1.29, 1.82) is 0 Å². The zero-order chi connectivity index (χ0) is 14.7. The van der Waals surface area contributed by atoms with Crippen LogP contribution >= 0.6 is 0 Å². The first-order chi connectivity index (χ1) is 10.3. The predicted molar refractivity (Wildman–Crippen MR) is 84.9 cm³/mol. The minimum Gasteiger partial charge on any atom is -0.497 e. The quantitative estimate of drug-likeness (QED) is 0.901. The van der Waals surface area contributed by atoms with Gasteiger partial charge in [-0.2, -0.15) is 0 Å². The molecular formula is C18H27NO2. The van der Waals surface area contributed by atoms with E-state index in [1.54, 1.807) is 7.11 Å². The Hall–Kier alpha value is -1.06. The van der Waals surface area contributed by atoms with Crippen molar-refractivity contribution in [2.45, 2.75) is 50.6 Å². The summed E-state index contributed by atoms with van der Waals surface area (Å²) in [5.74, 6) is 2.45. The molecule has 1 N–H and O–H groups in total. The summed E-state index contributed by atoms with van der Waals surface area (Å²) < 4.78 is 10.7. The molecule has 3 rings (SSSR count). The van der Waals surface area contributed by atoms with Crippen LogP contribution < -0.4 is 10.1 Å². The van der Waals surface area contributed by atoms with Crippen molar-refractivity contribution in [2.24, 2.45) is 5.92 Å². The van der Waals surface area contributed by atoms with Crippen LogP contribution in [0.2, 0.25) is 0 Å². The summed E-state index contributed by atoms with van der Waals surface area (Å²) in [6, 6.07) is 9.87. The average molecular weight is 289 g/mol. The van der Waals surface area contributed by atoms with E-state index in [4.69, 9.17) is 9.47 Å². The van der Waals surface area contributed by atoms with Gasteiger partial charge in [0.05, 0.1) is 7.11 Å². The zero-order valence-electron chi connectivity index (χ0n) is 13.2. The van der Waals surface area contributed by atoms with E-state index in [2.05, 4.69) is 36.5 Å². The molecule has 116 valence electrons. The molecule has 1 saturated heterocycles. The molecule has 3 nitrogen and oxygen atoms in total. The monoisotopic (exact) mass is 289 g/mol. The van der Waals surface area contributed by atoms with Gasteiger partial charge >= 0.3 is 0 Å². The third kappa shape index (κ3) is 3.58. The molecule has 0 radical (unpaired) electrons. The maximum Gasteiger partial charge on any atom is 0.118 e. The Morgan fingerprint density at radius 1 is 1.14 bits per heavy atom. The fraction of sp³-hybridized carbons (Fsp3) is 0.667. The molecule has 1 aliphatic carbocycles. The molecule has 0 spiro atoms. The molecule has 3 heteroatoms. The molecule has 1 aromatic carbocycles. The molecule has 1 aliphatic heterocycles. The molecule has 21 heavy (non-hydrogen) atoms. The van der Waals surface area contributed by atoms with Gasteiger partial charge in [0, 0.05) is 25.3 Å². The van der Waals surface area contributed by atoms with Crippen LogP contribution in [0, 0.1) is 5.92 Å². The Morgan fingerprint density at radius 3 is 2.43 bits per heavy atom. The van der Waals surface area contributed by atoms with Crippen LogP contribution in [0.3, 0.4) is 0 Å². The first kappa shape index (κ1) is 14.9. The van der Waals surface area contributed by atoms with Gasteiger partial charge in [-0.15, -0.1) is 0 Å². The maximum atomic E-state index is 5.45. The second-order valence-electron chi connectivity index (χ2n) is 6.54. The Balaban J connectivity index is 1.44. The van der Waals surface area contributed by atoms with Crippen LogP contribution in [-0.4, -0.2) is 32.4 Å². The van der Waals surface area contributed by atoms with Gasteiger partial charge in [0.15, 0.2) is 0 Å². The predicted octanol–water partition coefficient (Wildman–Crippen LogP) is 3.35. The lowest BCUT2D eigenvalue weighted by atomic mass is 9.75. The highest BCUT2D eigenvalue weighted by Gasteiger charge is 2.32. The highest BCUT2D eigenvalue weighted by Crippen LogP contribution is 2.38. The number of rotatable bonds is 5. The molecular weight excluding hydrogens is 262 g/mol. The SMILES string of the molecule is COc1ccc(C2CC(NC(C)C3CCOCC3)C2)cc1. The van der Waals surface area contributed by atoms with Gasteiger partial charge in [0.25, 0.3) is 0 Å². The van der Waals surface area contributed by atoms with Gasteiger partial charge in [0.2, 0.25) is 0 Å². The van der Waals surface area contributed by atoms with Crippen molar-refractivity contribution >= 4 is 0 Å². The van der Waals surface area contributed by atoms with Crippen LogP contribution in [0.25, 0.3) is 0 Å². The highest BCUT2D eigenvalue weighted by atomic mass is 16.5. The summed E-state index contributed by atoms with van der Waals surface area (Å²) in [6.07, 6.45) is 4.95. The molecule has 2 fully saturated rings. The number of nitrogens with one attached hydrogen (secondary N) is 1. The number of methoxy groups -OCH3 is 1. The van der Waals surface area contributed by atoms with Crippen LogP contribution in [0.1, 0.15) is 44.1 Å². The van der Waals surface area contributed by atoms with Gasteiger partial charge < -0.3 is 14.8 Å². The number of hydrogen-bond donors (Lipinski definition) is 1. The fourth-order valence-electron chi connectivity index (χ4n) is 3.63. The third-order valence-electron chi connectivity index (χ3n) is 5.20. The van der Waals surface area contributed by atoms with Gasteiger partial charge in [-0.1, -0.05) is 12.1 Å². The highest BCUT2D eigenvalue weighted by molar-refractivity contribution is 5.30. The summed E-state index contributed by atoms with van der Waals surface area (Å²) in [5.41, 5.74) is 1.45. The lowest BCUT2D eigenvalue weighted by Crippen LogP contribution is -2.48. The van der Waals surface area contributed by atoms with Crippen LogP contribution in [0.4, 0.5) is 0 Å². The first-order valence-electron chi connectivity index (χ1n) is 8.24. The Morgan fingerprint density at radius 2 is 1.81 bits per heavy atom. The Labute approximate surface area is 128 Å². The standard InChI is InChI=1S/C18H27NO2/c1-13(14-7-9-21-10-8-14)19-17-11-16(12-17)15-3-5-18(20-2)6-4-15/h3-6,13-14,16-17,19H,7-12H2,1-2H3. The summed E-state index contributed by atoms with van der Waals surface area (Å²) in [5, 5.41) is 3.83. The largest absolute Gasteiger partial charge is 0.497 e. The fourth-order valence-corrected chi connectivity index (χ4v) is 3.63. The Kier molecular flexibility index (Phi) is 4.81. The lowest BCUT2D eigenvalue weighted by molar-refractivity contribution is 0.0519. The van der Waals surface area contributed by atoms with E-state index >= 15 is 0 Å². The van der Waals surface area contributed by atoms with Crippen molar-refractivity contribution in [3.63, 3.8) is 0 Å². The molecule has 0 aromatic heterocycles. The maximum absolute atomic E-state index is 5.45. The number of benzene rings is 1. The average Bonchev–Trinajstić information content (AvgIpc) is 2.51.